The number of aryl methyl sites for hydroxylation is 1. The van der Waals surface area contributed by atoms with Gasteiger partial charge in [0.05, 0.1) is 28.4 Å². The number of imidazole rings is 1. The molecule has 0 aliphatic rings. The molecule has 0 unspecified atom stereocenters. The number of anilines is 1. The van der Waals surface area contributed by atoms with E-state index in [1.807, 2.05) is 30.5 Å². The van der Waals surface area contributed by atoms with E-state index in [0.717, 1.165) is 66.2 Å². The van der Waals surface area contributed by atoms with Gasteiger partial charge in [0.2, 0.25) is 0 Å². The highest BCUT2D eigenvalue weighted by molar-refractivity contribution is 5.98. The first kappa shape index (κ1) is 30.3. The number of nitrogens with two attached hydrogens (primary N) is 1. The van der Waals surface area contributed by atoms with Crippen LogP contribution in [-0.2, 0) is 24.4 Å². The molecular formula is C36H35N7O3. The molecule has 0 bridgehead atoms. The van der Waals surface area contributed by atoms with E-state index in [9.17, 15) is 4.79 Å². The monoisotopic (exact) mass is 613 g/mol. The summed E-state index contributed by atoms with van der Waals surface area (Å²) in [5, 5.41) is 8.40. The third kappa shape index (κ3) is 6.67. The Balaban J connectivity index is 0.000000879. The van der Waals surface area contributed by atoms with Crippen molar-refractivity contribution in [1.82, 2.24) is 24.5 Å². The molecule has 5 N–H and O–H groups in total. The number of nitrogens with zero attached hydrogens (tertiary/aromatic N) is 4. The van der Waals surface area contributed by atoms with Crippen LogP contribution < -0.4 is 16.2 Å². The molecule has 0 atom stereocenters. The van der Waals surface area contributed by atoms with Gasteiger partial charge in [0, 0.05) is 54.9 Å². The van der Waals surface area contributed by atoms with Crippen LogP contribution in [-0.4, -0.2) is 42.1 Å². The fourth-order valence-electron chi connectivity index (χ4n) is 5.66. The number of aromatic nitrogens is 5. The first-order chi connectivity index (χ1) is 22.4. The second kappa shape index (κ2) is 13.5. The Morgan fingerprint density at radius 2 is 1.57 bits per heavy atom. The zero-order valence-electron chi connectivity index (χ0n) is 25.5. The van der Waals surface area contributed by atoms with Gasteiger partial charge in [-0.1, -0.05) is 60.7 Å². The molecule has 3 heterocycles. The average Bonchev–Trinajstić information content (AvgIpc) is 3.66. The van der Waals surface area contributed by atoms with Crippen LogP contribution in [0.5, 0.6) is 0 Å². The van der Waals surface area contributed by atoms with Gasteiger partial charge < -0.3 is 30.3 Å². The lowest BCUT2D eigenvalue weighted by molar-refractivity contribution is -0.134. The van der Waals surface area contributed by atoms with Crippen LogP contribution in [0, 0.1) is 0 Å². The topological polar surface area (TPSA) is 146 Å². The molecule has 46 heavy (non-hydrogen) atoms. The number of fused-ring (bicyclic) bond motifs is 3. The Hall–Kier alpha value is -5.74. The van der Waals surface area contributed by atoms with Crippen LogP contribution in [0.15, 0.2) is 108 Å². The summed E-state index contributed by atoms with van der Waals surface area (Å²) in [5.74, 6) is -0.833. The average molecular weight is 614 g/mol. The smallest absolute Gasteiger partial charge is 0.300 e. The Morgan fingerprint density at radius 3 is 2.22 bits per heavy atom. The molecule has 0 saturated carbocycles. The first-order valence-electron chi connectivity index (χ1n) is 15.1. The maximum atomic E-state index is 13.5. The van der Waals surface area contributed by atoms with Crippen molar-refractivity contribution in [3.8, 4) is 11.3 Å². The largest absolute Gasteiger partial charge is 0.481 e. The number of nitrogens with one attached hydrogen (secondary N) is 2. The van der Waals surface area contributed by atoms with Gasteiger partial charge in [-0.25, -0.2) is 9.97 Å². The summed E-state index contributed by atoms with van der Waals surface area (Å²) in [7, 11) is 0. The summed E-state index contributed by atoms with van der Waals surface area (Å²) < 4.78 is 2.18. The fourth-order valence-corrected chi connectivity index (χ4v) is 5.66. The predicted molar refractivity (Wildman–Crippen MR) is 183 cm³/mol. The highest BCUT2D eigenvalue weighted by atomic mass is 16.4. The Bertz CT molecular complexity index is 2120. The van der Waals surface area contributed by atoms with Crippen molar-refractivity contribution < 1.29 is 9.90 Å². The minimum absolute atomic E-state index is 0.230. The van der Waals surface area contributed by atoms with E-state index in [1.165, 1.54) is 11.1 Å². The lowest BCUT2D eigenvalue weighted by Gasteiger charge is -2.26. The third-order valence-electron chi connectivity index (χ3n) is 7.75. The van der Waals surface area contributed by atoms with Crippen molar-refractivity contribution in [2.75, 3.05) is 11.4 Å². The molecule has 7 rings (SSSR count). The van der Waals surface area contributed by atoms with E-state index in [2.05, 4.69) is 91.1 Å². The quantitative estimate of drug-likeness (QED) is 0.155. The van der Waals surface area contributed by atoms with Gasteiger partial charge in [0.1, 0.15) is 5.69 Å². The van der Waals surface area contributed by atoms with Crippen LogP contribution in [0.3, 0.4) is 0 Å². The molecule has 0 spiro atoms. The summed E-state index contributed by atoms with van der Waals surface area (Å²) in [4.78, 5) is 40.2. The molecule has 0 radical (unpaired) electrons. The SMILES string of the molecule is CC(=O)O.NCCCn1cc(-c2nc3cc4[nH]cnc4cc3[nH]c2=O)c2cc(N(Cc3ccccc3)Cc3ccccc3)ccc21. The van der Waals surface area contributed by atoms with Crippen LogP contribution in [0.25, 0.3) is 44.2 Å². The summed E-state index contributed by atoms with van der Waals surface area (Å²) in [5.41, 5.74) is 14.4. The van der Waals surface area contributed by atoms with E-state index in [1.54, 1.807) is 6.33 Å². The van der Waals surface area contributed by atoms with Crippen molar-refractivity contribution in [3.63, 3.8) is 0 Å². The van der Waals surface area contributed by atoms with Crippen LogP contribution in [0.2, 0.25) is 0 Å². The number of aliphatic carboxylic acids is 1. The maximum Gasteiger partial charge on any atom is 0.300 e. The van der Waals surface area contributed by atoms with Gasteiger partial charge in [0.25, 0.3) is 11.5 Å². The van der Waals surface area contributed by atoms with Gasteiger partial charge in [0.15, 0.2) is 0 Å². The minimum atomic E-state index is -0.833. The Labute approximate surface area is 265 Å². The third-order valence-corrected chi connectivity index (χ3v) is 7.75. The molecule has 0 saturated heterocycles. The molecule has 232 valence electrons. The standard InChI is InChI=1S/C34H31N7O.C2H4O2/c35-14-7-15-40-21-27(33-34(42)39-31-18-29-28(36-22-37-29)17-30(31)38-33)26-16-25(12-13-32(26)40)41(19-23-8-3-1-4-9-23)20-24-10-5-2-6-11-24;1-2(3)4/h1-6,8-13,16-18,21-22H,7,14-15,19-20,35H2,(H,36,37)(H,39,42);1H3,(H,3,4). The van der Waals surface area contributed by atoms with Gasteiger partial charge >= 0.3 is 0 Å². The van der Waals surface area contributed by atoms with Gasteiger partial charge in [-0.2, -0.15) is 0 Å². The van der Waals surface area contributed by atoms with Crippen molar-refractivity contribution in [2.45, 2.75) is 33.0 Å². The number of benzene rings is 4. The number of rotatable bonds is 9. The van der Waals surface area contributed by atoms with Gasteiger partial charge in [-0.3, -0.25) is 9.59 Å². The molecular weight excluding hydrogens is 578 g/mol. The van der Waals surface area contributed by atoms with Crippen molar-refractivity contribution >= 4 is 44.6 Å². The van der Waals surface area contributed by atoms with E-state index in [0.29, 0.717) is 23.3 Å². The highest BCUT2D eigenvalue weighted by Gasteiger charge is 2.18. The Morgan fingerprint density at radius 1 is 0.913 bits per heavy atom. The molecule has 10 nitrogen and oxygen atoms in total. The second-order valence-corrected chi connectivity index (χ2v) is 11.1. The summed E-state index contributed by atoms with van der Waals surface area (Å²) >= 11 is 0. The van der Waals surface area contributed by atoms with Gasteiger partial charge in [-0.05, 0) is 54.4 Å². The van der Waals surface area contributed by atoms with Crippen molar-refractivity contribution in [2.24, 2.45) is 5.73 Å². The molecule has 3 aromatic heterocycles. The van der Waals surface area contributed by atoms with E-state index < -0.39 is 5.97 Å². The van der Waals surface area contributed by atoms with E-state index >= 15 is 0 Å². The number of carbonyl (C=O) groups is 1. The van der Waals surface area contributed by atoms with Crippen LogP contribution in [0.4, 0.5) is 5.69 Å². The van der Waals surface area contributed by atoms with Crippen LogP contribution in [0.1, 0.15) is 24.5 Å². The molecule has 0 aliphatic heterocycles. The Kier molecular flexibility index (Phi) is 8.89. The summed E-state index contributed by atoms with van der Waals surface area (Å²) in [6, 6.07) is 31.3. The number of H-pyrrole nitrogens is 2. The molecule has 0 amide bonds. The number of hydrogen-bond donors (Lipinski definition) is 4. The molecule has 7 aromatic rings. The highest BCUT2D eigenvalue weighted by Crippen LogP contribution is 2.33. The van der Waals surface area contributed by atoms with Crippen molar-refractivity contribution in [1.29, 1.82) is 0 Å². The van der Waals surface area contributed by atoms with Gasteiger partial charge in [-0.15, -0.1) is 0 Å². The zero-order valence-corrected chi connectivity index (χ0v) is 25.5. The van der Waals surface area contributed by atoms with Crippen molar-refractivity contribution in [3.05, 3.63) is 125 Å². The molecule has 0 aliphatic carbocycles. The number of aromatic amines is 2. The summed E-state index contributed by atoms with van der Waals surface area (Å²) in [6.07, 6.45) is 4.52. The lowest BCUT2D eigenvalue weighted by Crippen LogP contribution is -2.22. The zero-order chi connectivity index (χ0) is 32.0. The fraction of sp³-hybridized carbons (Fsp3) is 0.167. The molecule has 4 aromatic carbocycles. The summed E-state index contributed by atoms with van der Waals surface area (Å²) in [6.45, 7) is 3.92. The normalized spacial score (nSPS) is 11.1. The maximum absolute atomic E-state index is 13.5. The van der Waals surface area contributed by atoms with E-state index in [-0.39, 0.29) is 5.56 Å². The predicted octanol–water partition coefficient (Wildman–Crippen LogP) is 6.07. The van der Waals surface area contributed by atoms with Crippen LogP contribution >= 0.6 is 0 Å². The number of hydrogen-bond acceptors (Lipinski definition) is 6. The lowest BCUT2D eigenvalue weighted by atomic mass is 10.1. The first-order valence-corrected chi connectivity index (χ1v) is 15.1. The molecule has 10 heteroatoms. The minimum Gasteiger partial charge on any atom is -0.481 e. The number of carboxylic acid groups (broad SMARTS) is 1. The number of carboxylic acids is 1. The molecule has 0 fully saturated rings. The second-order valence-electron chi connectivity index (χ2n) is 11.1. The van der Waals surface area contributed by atoms with E-state index in [4.69, 9.17) is 20.6 Å².